The molecule has 4 N–H and O–H groups in total. The molecule has 0 saturated heterocycles. The number of carboxylic acids is 1. The van der Waals surface area contributed by atoms with Crippen LogP contribution in [0.3, 0.4) is 0 Å². The number of nitrogens with one attached hydrogen (secondary N) is 1. The van der Waals surface area contributed by atoms with Crippen molar-refractivity contribution in [1.82, 2.24) is 0 Å². The summed E-state index contributed by atoms with van der Waals surface area (Å²) in [5, 5.41) is 22.5. The van der Waals surface area contributed by atoms with Crippen LogP contribution in [-0.2, 0) is 4.79 Å². The summed E-state index contributed by atoms with van der Waals surface area (Å²) in [6.45, 7) is 0.386. The van der Waals surface area contributed by atoms with Crippen LogP contribution in [0.25, 0.3) is 0 Å². The molecule has 1 amide bonds. The Bertz CT molecular complexity index is 530. The van der Waals surface area contributed by atoms with Gasteiger partial charge in [0.15, 0.2) is 0 Å². The maximum Gasteiger partial charge on any atom is 0.335 e. The molecule has 0 spiro atoms. The number of anilines is 1. The summed E-state index contributed by atoms with van der Waals surface area (Å²) < 4.78 is 0. The lowest BCUT2D eigenvalue weighted by Crippen LogP contribution is -2.11. The number of nitro benzene ring substituents is 1. The minimum absolute atomic E-state index is 0.0322. The van der Waals surface area contributed by atoms with Gasteiger partial charge in [-0.05, 0) is 25.0 Å². The van der Waals surface area contributed by atoms with Gasteiger partial charge in [0.2, 0.25) is 5.91 Å². The number of primary amides is 1. The normalized spacial score (nSPS) is 10.0. The molecule has 20 heavy (non-hydrogen) atoms. The Hall–Kier alpha value is -2.64. The van der Waals surface area contributed by atoms with Crippen molar-refractivity contribution in [3.63, 3.8) is 0 Å². The van der Waals surface area contributed by atoms with Crippen molar-refractivity contribution in [3.05, 3.63) is 33.9 Å². The first-order chi connectivity index (χ1) is 9.41. The number of unbranched alkanes of at least 4 members (excludes halogenated alkanes) is 1. The van der Waals surface area contributed by atoms with E-state index in [0.29, 0.717) is 19.4 Å². The largest absolute Gasteiger partial charge is 0.478 e. The van der Waals surface area contributed by atoms with E-state index in [9.17, 15) is 19.7 Å². The summed E-state index contributed by atoms with van der Waals surface area (Å²) in [5.74, 6) is -1.56. The van der Waals surface area contributed by atoms with Gasteiger partial charge in [0.25, 0.3) is 5.69 Å². The highest BCUT2D eigenvalue weighted by molar-refractivity contribution is 5.90. The fourth-order valence-electron chi connectivity index (χ4n) is 1.62. The Kier molecular flexibility index (Phi) is 5.45. The van der Waals surface area contributed by atoms with Crippen molar-refractivity contribution in [1.29, 1.82) is 0 Å². The van der Waals surface area contributed by atoms with Gasteiger partial charge in [-0.2, -0.15) is 0 Å². The topological polar surface area (TPSA) is 136 Å². The van der Waals surface area contributed by atoms with Gasteiger partial charge in [0.05, 0.1) is 10.5 Å². The molecular weight excluding hydrogens is 266 g/mol. The lowest BCUT2D eigenvalue weighted by Gasteiger charge is -2.07. The average Bonchev–Trinajstić information content (AvgIpc) is 2.37. The molecule has 0 saturated carbocycles. The number of nitrogens with two attached hydrogens (primary N) is 1. The fourth-order valence-corrected chi connectivity index (χ4v) is 1.62. The summed E-state index contributed by atoms with van der Waals surface area (Å²) in [6.07, 6.45) is 1.41. The second-order valence-electron chi connectivity index (χ2n) is 4.14. The lowest BCUT2D eigenvalue weighted by molar-refractivity contribution is -0.384. The Morgan fingerprint density at radius 1 is 1.35 bits per heavy atom. The van der Waals surface area contributed by atoms with Crippen molar-refractivity contribution in [2.45, 2.75) is 19.3 Å². The van der Waals surface area contributed by atoms with E-state index in [1.807, 2.05) is 0 Å². The number of carbonyl (C=O) groups is 2. The summed E-state index contributed by atoms with van der Waals surface area (Å²) >= 11 is 0. The van der Waals surface area contributed by atoms with Gasteiger partial charge in [-0.15, -0.1) is 0 Å². The van der Waals surface area contributed by atoms with Crippen molar-refractivity contribution < 1.29 is 19.6 Å². The molecule has 0 aliphatic heterocycles. The van der Waals surface area contributed by atoms with Crippen LogP contribution in [0.5, 0.6) is 0 Å². The summed E-state index contributed by atoms with van der Waals surface area (Å²) in [6, 6.07) is 3.54. The monoisotopic (exact) mass is 281 g/mol. The molecule has 1 aromatic rings. The number of carbonyl (C=O) groups excluding carboxylic acids is 1. The molecule has 0 unspecified atom stereocenters. The lowest BCUT2D eigenvalue weighted by atomic mass is 10.1. The number of rotatable bonds is 8. The zero-order valence-corrected chi connectivity index (χ0v) is 10.7. The third kappa shape index (κ3) is 4.56. The molecular formula is C12H15N3O5. The zero-order chi connectivity index (χ0) is 15.1. The molecule has 0 bridgehead atoms. The van der Waals surface area contributed by atoms with Gasteiger partial charge >= 0.3 is 5.97 Å². The Labute approximate surface area is 114 Å². The van der Waals surface area contributed by atoms with E-state index in [1.54, 1.807) is 0 Å². The van der Waals surface area contributed by atoms with Crippen LogP contribution in [0, 0.1) is 10.1 Å². The number of nitro groups is 1. The SMILES string of the molecule is NC(=O)CCCCNc1cc(C(=O)O)ccc1[N+](=O)[O-]. The number of nitrogens with zero attached hydrogens (tertiary/aromatic N) is 1. The second kappa shape index (κ2) is 7.07. The summed E-state index contributed by atoms with van der Waals surface area (Å²) in [7, 11) is 0. The highest BCUT2D eigenvalue weighted by Crippen LogP contribution is 2.25. The highest BCUT2D eigenvalue weighted by Gasteiger charge is 2.16. The molecule has 108 valence electrons. The maximum atomic E-state index is 10.8. The van der Waals surface area contributed by atoms with Crippen molar-refractivity contribution >= 4 is 23.3 Å². The predicted octanol–water partition coefficient (Wildman–Crippen LogP) is 1.36. The molecule has 1 aromatic carbocycles. The molecule has 0 aromatic heterocycles. The van der Waals surface area contributed by atoms with Crippen molar-refractivity contribution in [3.8, 4) is 0 Å². The minimum Gasteiger partial charge on any atom is -0.478 e. The Morgan fingerprint density at radius 3 is 2.60 bits per heavy atom. The highest BCUT2D eigenvalue weighted by atomic mass is 16.6. The van der Waals surface area contributed by atoms with E-state index < -0.39 is 16.8 Å². The number of hydrogen-bond donors (Lipinski definition) is 3. The molecule has 8 heteroatoms. The number of amides is 1. The third-order valence-electron chi connectivity index (χ3n) is 2.61. The quantitative estimate of drug-likeness (QED) is 0.374. The van der Waals surface area contributed by atoms with Crippen LogP contribution in [0.15, 0.2) is 18.2 Å². The minimum atomic E-state index is -1.16. The van der Waals surface area contributed by atoms with Crippen LogP contribution in [0.4, 0.5) is 11.4 Å². The number of aromatic carboxylic acids is 1. The number of carboxylic acid groups (broad SMARTS) is 1. The van der Waals surface area contributed by atoms with Gasteiger partial charge in [-0.1, -0.05) is 0 Å². The molecule has 0 radical (unpaired) electrons. The summed E-state index contributed by atoms with van der Waals surface area (Å²) in [4.78, 5) is 31.6. The van der Waals surface area contributed by atoms with Gasteiger partial charge in [-0.3, -0.25) is 14.9 Å². The first-order valence-corrected chi connectivity index (χ1v) is 5.95. The standard InChI is InChI=1S/C12H15N3O5/c13-11(16)3-1-2-6-14-9-7-8(12(17)18)4-5-10(9)15(19)20/h4-5,7,14H,1-3,6H2,(H2,13,16)(H,17,18). The van der Waals surface area contributed by atoms with Crippen molar-refractivity contribution in [2.24, 2.45) is 5.73 Å². The number of hydrogen-bond acceptors (Lipinski definition) is 5. The van der Waals surface area contributed by atoms with Crippen LogP contribution in [0.2, 0.25) is 0 Å². The van der Waals surface area contributed by atoms with Gasteiger partial charge in [0.1, 0.15) is 5.69 Å². The molecule has 0 aliphatic rings. The first kappa shape index (κ1) is 15.4. The summed E-state index contributed by atoms with van der Waals surface area (Å²) in [5.41, 5.74) is 4.91. The van der Waals surface area contributed by atoms with E-state index in [-0.39, 0.29) is 23.4 Å². The van der Waals surface area contributed by atoms with E-state index in [1.165, 1.54) is 12.1 Å². The van der Waals surface area contributed by atoms with Crippen molar-refractivity contribution in [2.75, 3.05) is 11.9 Å². The average molecular weight is 281 g/mol. The van der Waals surface area contributed by atoms with E-state index >= 15 is 0 Å². The van der Waals surface area contributed by atoms with Crippen LogP contribution in [0.1, 0.15) is 29.6 Å². The predicted molar refractivity (Wildman–Crippen MR) is 71.6 cm³/mol. The Balaban J connectivity index is 2.70. The molecule has 1 rings (SSSR count). The molecule has 0 heterocycles. The zero-order valence-electron chi connectivity index (χ0n) is 10.7. The molecule has 8 nitrogen and oxygen atoms in total. The molecule has 0 atom stereocenters. The van der Waals surface area contributed by atoms with Crippen LogP contribution >= 0.6 is 0 Å². The Morgan fingerprint density at radius 2 is 2.05 bits per heavy atom. The fraction of sp³-hybridized carbons (Fsp3) is 0.333. The van der Waals surface area contributed by atoms with E-state index in [0.717, 1.165) is 6.07 Å². The second-order valence-corrected chi connectivity index (χ2v) is 4.14. The number of benzene rings is 1. The maximum absolute atomic E-state index is 10.8. The molecule has 0 fully saturated rings. The van der Waals surface area contributed by atoms with Crippen LogP contribution < -0.4 is 11.1 Å². The smallest absolute Gasteiger partial charge is 0.335 e. The van der Waals surface area contributed by atoms with E-state index in [4.69, 9.17) is 10.8 Å². The van der Waals surface area contributed by atoms with Gasteiger partial charge < -0.3 is 16.2 Å². The van der Waals surface area contributed by atoms with Crippen LogP contribution in [-0.4, -0.2) is 28.5 Å². The first-order valence-electron chi connectivity index (χ1n) is 5.95. The van der Waals surface area contributed by atoms with Gasteiger partial charge in [-0.25, -0.2) is 4.79 Å². The van der Waals surface area contributed by atoms with Gasteiger partial charge in [0, 0.05) is 19.0 Å². The third-order valence-corrected chi connectivity index (χ3v) is 2.61. The molecule has 0 aliphatic carbocycles. The van der Waals surface area contributed by atoms with E-state index in [2.05, 4.69) is 5.32 Å².